The van der Waals surface area contributed by atoms with Crippen LogP contribution in [0.4, 0.5) is 4.39 Å². The predicted molar refractivity (Wildman–Crippen MR) is 57.8 cm³/mol. The fourth-order valence-electron chi connectivity index (χ4n) is 1.48. The summed E-state index contributed by atoms with van der Waals surface area (Å²) in [6, 6.07) is 6.33. The molecule has 0 radical (unpaired) electrons. The van der Waals surface area contributed by atoms with Crippen molar-refractivity contribution in [3.05, 3.63) is 42.5 Å². The number of hydrogen-bond acceptors (Lipinski definition) is 3. The molecule has 2 aromatic rings. The van der Waals surface area contributed by atoms with E-state index in [-0.39, 0.29) is 5.75 Å². The van der Waals surface area contributed by atoms with Crippen LogP contribution in [0.3, 0.4) is 0 Å². The molecule has 1 aromatic carbocycles. The summed E-state index contributed by atoms with van der Waals surface area (Å²) >= 11 is 0. The molecule has 0 saturated carbocycles. The van der Waals surface area contributed by atoms with Gasteiger partial charge in [-0.3, -0.25) is 4.98 Å². The van der Waals surface area contributed by atoms with Gasteiger partial charge in [-0.1, -0.05) is 12.1 Å². The molecule has 0 amide bonds. The molecule has 2 rings (SSSR count). The largest absolute Gasteiger partial charge is 0.504 e. The van der Waals surface area contributed by atoms with Crippen molar-refractivity contribution in [1.29, 1.82) is 0 Å². The maximum Gasteiger partial charge on any atom is 0.165 e. The third-order valence-electron chi connectivity index (χ3n) is 2.23. The monoisotopic (exact) mass is 219 g/mol. The molecular weight excluding hydrogens is 209 g/mol. The van der Waals surface area contributed by atoms with Crippen LogP contribution >= 0.6 is 0 Å². The zero-order valence-electron chi connectivity index (χ0n) is 8.64. The van der Waals surface area contributed by atoms with E-state index >= 15 is 0 Å². The van der Waals surface area contributed by atoms with Gasteiger partial charge in [-0.2, -0.15) is 0 Å². The number of rotatable bonds is 2. The Morgan fingerprint density at radius 3 is 2.81 bits per heavy atom. The summed E-state index contributed by atoms with van der Waals surface area (Å²) in [4.78, 5) is 3.73. The lowest BCUT2D eigenvalue weighted by Crippen LogP contribution is -1.87. The van der Waals surface area contributed by atoms with Crippen molar-refractivity contribution in [1.82, 2.24) is 4.98 Å². The van der Waals surface area contributed by atoms with Gasteiger partial charge >= 0.3 is 0 Å². The van der Waals surface area contributed by atoms with E-state index in [1.807, 2.05) is 0 Å². The molecule has 1 N–H and O–H groups in total. The number of phenolic OH excluding ortho intramolecular Hbond substituents is 1. The van der Waals surface area contributed by atoms with E-state index in [1.54, 1.807) is 18.2 Å². The van der Waals surface area contributed by atoms with E-state index in [9.17, 15) is 9.50 Å². The molecule has 4 heteroatoms. The van der Waals surface area contributed by atoms with Gasteiger partial charge in [0.05, 0.1) is 13.3 Å². The zero-order valence-corrected chi connectivity index (χ0v) is 8.64. The summed E-state index contributed by atoms with van der Waals surface area (Å²) in [7, 11) is 1.46. The Morgan fingerprint density at radius 1 is 1.31 bits per heavy atom. The first-order chi connectivity index (χ1) is 7.72. The number of benzene rings is 1. The maximum absolute atomic E-state index is 13.0. The van der Waals surface area contributed by atoms with Gasteiger partial charge < -0.3 is 9.84 Å². The number of aromatic nitrogens is 1. The Hall–Kier alpha value is -2.10. The predicted octanol–water partition coefficient (Wildman–Crippen LogP) is 2.60. The van der Waals surface area contributed by atoms with Crippen molar-refractivity contribution in [2.24, 2.45) is 0 Å². The zero-order chi connectivity index (χ0) is 11.5. The van der Waals surface area contributed by atoms with Gasteiger partial charge in [0, 0.05) is 17.3 Å². The van der Waals surface area contributed by atoms with E-state index in [4.69, 9.17) is 4.74 Å². The highest BCUT2D eigenvalue weighted by molar-refractivity contribution is 5.72. The lowest BCUT2D eigenvalue weighted by Gasteiger charge is -2.08. The minimum Gasteiger partial charge on any atom is -0.504 e. The van der Waals surface area contributed by atoms with Crippen molar-refractivity contribution in [2.75, 3.05) is 7.11 Å². The van der Waals surface area contributed by atoms with E-state index in [0.29, 0.717) is 16.9 Å². The van der Waals surface area contributed by atoms with E-state index in [0.717, 1.165) is 6.20 Å². The Bertz CT molecular complexity index is 514. The number of ether oxygens (including phenoxy) is 1. The van der Waals surface area contributed by atoms with Gasteiger partial charge in [0.2, 0.25) is 0 Å². The highest BCUT2D eigenvalue weighted by Crippen LogP contribution is 2.36. The number of para-hydroxylation sites is 1. The Labute approximate surface area is 92.1 Å². The number of pyridine rings is 1. The number of hydrogen-bond donors (Lipinski definition) is 1. The molecular formula is C12H10FNO2. The van der Waals surface area contributed by atoms with Crippen LogP contribution in [0.1, 0.15) is 0 Å². The van der Waals surface area contributed by atoms with Crippen LogP contribution in [0.25, 0.3) is 11.1 Å². The molecule has 3 nitrogen and oxygen atoms in total. The first kappa shape index (κ1) is 10.4. The molecule has 0 bridgehead atoms. The highest BCUT2D eigenvalue weighted by atomic mass is 19.1. The summed E-state index contributed by atoms with van der Waals surface area (Å²) in [5, 5.41) is 9.86. The summed E-state index contributed by atoms with van der Waals surface area (Å²) in [5.74, 6) is -0.112. The van der Waals surface area contributed by atoms with Gasteiger partial charge in [-0.25, -0.2) is 4.39 Å². The Balaban J connectivity index is 2.56. The van der Waals surface area contributed by atoms with Gasteiger partial charge in [-0.15, -0.1) is 0 Å². The van der Waals surface area contributed by atoms with Crippen LogP contribution in [0, 0.1) is 5.82 Å². The molecule has 0 fully saturated rings. The summed E-state index contributed by atoms with van der Waals surface area (Å²) in [5.41, 5.74) is 1.00. The molecule has 1 aromatic heterocycles. The van der Waals surface area contributed by atoms with Crippen LogP contribution in [0.2, 0.25) is 0 Å². The molecule has 0 unspecified atom stereocenters. The van der Waals surface area contributed by atoms with Crippen molar-refractivity contribution < 1.29 is 14.2 Å². The fourth-order valence-corrected chi connectivity index (χ4v) is 1.48. The molecule has 1 heterocycles. The molecule has 82 valence electrons. The first-order valence-electron chi connectivity index (χ1n) is 4.69. The lowest BCUT2D eigenvalue weighted by atomic mass is 10.1. The van der Waals surface area contributed by atoms with Crippen molar-refractivity contribution in [3.8, 4) is 22.6 Å². The number of methoxy groups -OCH3 is 1. The second kappa shape index (κ2) is 4.18. The summed E-state index contributed by atoms with van der Waals surface area (Å²) in [6.07, 6.45) is 2.60. The number of aromatic hydroxyl groups is 1. The van der Waals surface area contributed by atoms with Crippen LogP contribution in [0.15, 0.2) is 36.7 Å². The van der Waals surface area contributed by atoms with Crippen molar-refractivity contribution in [2.45, 2.75) is 0 Å². The highest BCUT2D eigenvalue weighted by Gasteiger charge is 2.09. The molecule has 0 aliphatic rings. The van der Waals surface area contributed by atoms with Gasteiger partial charge in [-0.05, 0) is 12.1 Å². The molecule has 16 heavy (non-hydrogen) atoms. The van der Waals surface area contributed by atoms with E-state index < -0.39 is 5.82 Å². The van der Waals surface area contributed by atoms with Crippen LogP contribution in [-0.4, -0.2) is 17.2 Å². The second-order valence-electron chi connectivity index (χ2n) is 3.25. The van der Waals surface area contributed by atoms with Gasteiger partial charge in [0.15, 0.2) is 11.5 Å². The molecule has 0 spiro atoms. The smallest absolute Gasteiger partial charge is 0.165 e. The van der Waals surface area contributed by atoms with Crippen LogP contribution in [-0.2, 0) is 0 Å². The quantitative estimate of drug-likeness (QED) is 0.844. The van der Waals surface area contributed by atoms with Gasteiger partial charge in [0.1, 0.15) is 5.82 Å². The SMILES string of the molecule is COc1cccc(-c2cncc(F)c2)c1O. The Morgan fingerprint density at radius 2 is 2.12 bits per heavy atom. The van der Waals surface area contributed by atoms with Crippen molar-refractivity contribution in [3.63, 3.8) is 0 Å². The third-order valence-corrected chi connectivity index (χ3v) is 2.23. The topological polar surface area (TPSA) is 42.4 Å². The third kappa shape index (κ3) is 1.82. The summed E-state index contributed by atoms with van der Waals surface area (Å²) in [6.45, 7) is 0. The van der Waals surface area contributed by atoms with Crippen LogP contribution in [0.5, 0.6) is 11.5 Å². The molecule has 0 aliphatic carbocycles. The first-order valence-corrected chi connectivity index (χ1v) is 4.69. The number of phenols is 1. The van der Waals surface area contributed by atoms with Crippen molar-refractivity contribution >= 4 is 0 Å². The fraction of sp³-hybridized carbons (Fsp3) is 0.0833. The number of nitrogens with zero attached hydrogens (tertiary/aromatic N) is 1. The van der Waals surface area contributed by atoms with E-state index in [2.05, 4.69) is 4.98 Å². The minimum atomic E-state index is -0.445. The normalized spacial score (nSPS) is 10.1. The number of halogens is 1. The minimum absolute atomic E-state index is 0.0163. The Kier molecular flexibility index (Phi) is 2.72. The average Bonchev–Trinajstić information content (AvgIpc) is 2.29. The average molecular weight is 219 g/mol. The van der Waals surface area contributed by atoms with Crippen LogP contribution < -0.4 is 4.74 Å². The maximum atomic E-state index is 13.0. The van der Waals surface area contributed by atoms with E-state index in [1.165, 1.54) is 19.4 Å². The lowest BCUT2D eigenvalue weighted by molar-refractivity contribution is 0.374. The van der Waals surface area contributed by atoms with Gasteiger partial charge in [0.25, 0.3) is 0 Å². The molecule has 0 aliphatic heterocycles. The molecule has 0 atom stereocenters. The summed E-state index contributed by atoms with van der Waals surface area (Å²) < 4.78 is 18.0. The molecule has 0 saturated heterocycles. The second-order valence-corrected chi connectivity index (χ2v) is 3.25. The standard InChI is InChI=1S/C12H10FNO2/c1-16-11-4-2-3-10(12(11)15)8-5-9(13)7-14-6-8/h2-7,15H,1H3.